The molecule has 0 atom stereocenters. The molecule has 2 aromatic carbocycles. The Morgan fingerprint density at radius 3 is 2.54 bits per heavy atom. The van der Waals surface area contributed by atoms with Crippen LogP contribution in [0.2, 0.25) is 0 Å². The molecule has 0 saturated heterocycles. The molecule has 1 heterocycles. The Morgan fingerprint density at radius 2 is 1.85 bits per heavy atom. The smallest absolute Gasteiger partial charge is 0.265 e. The fraction of sp³-hybridized carbons (Fsp3) is 0.211. The van der Waals surface area contributed by atoms with E-state index in [4.69, 9.17) is 9.29 Å². The van der Waals surface area contributed by atoms with Crippen LogP contribution in [0, 0.1) is 0 Å². The van der Waals surface area contributed by atoms with E-state index in [0.717, 1.165) is 26.5 Å². The topological polar surface area (TPSA) is 67.5 Å². The van der Waals surface area contributed by atoms with Crippen molar-refractivity contribution in [2.24, 2.45) is 0 Å². The van der Waals surface area contributed by atoms with Crippen molar-refractivity contribution in [2.75, 3.05) is 12.9 Å². The second-order valence-corrected chi connectivity index (χ2v) is 8.44. The number of fused-ring (bicyclic) bond motifs is 1. The maximum atomic E-state index is 11.0. The molecular formula is C19H20NO4S2+. The highest BCUT2D eigenvalue weighted by molar-refractivity contribution is 7.85. The number of thiazole rings is 1. The fourth-order valence-electron chi connectivity index (χ4n) is 2.70. The number of ether oxygens (including phenoxy) is 1. The van der Waals surface area contributed by atoms with Gasteiger partial charge in [0.15, 0.2) is 6.54 Å². The minimum atomic E-state index is -3.95. The Labute approximate surface area is 156 Å². The minimum Gasteiger partial charge on any atom is -0.497 e. The number of hydrogen-bond donors (Lipinski definition) is 1. The summed E-state index contributed by atoms with van der Waals surface area (Å²) in [6.07, 6.45) is 4.40. The summed E-state index contributed by atoms with van der Waals surface area (Å²) in [5.74, 6) is 0.565. The summed E-state index contributed by atoms with van der Waals surface area (Å²) in [5, 5.41) is 1.03. The van der Waals surface area contributed by atoms with Crippen LogP contribution in [-0.4, -0.2) is 25.8 Å². The summed E-state index contributed by atoms with van der Waals surface area (Å²) in [6, 6.07) is 15.8. The molecule has 3 rings (SSSR count). The SMILES string of the molecule is COc1ccc(/C=C/c2sc3ccccc3[n+]2CCCS(=O)(=O)O)cc1. The maximum absolute atomic E-state index is 11.0. The lowest BCUT2D eigenvalue weighted by Crippen LogP contribution is -2.35. The van der Waals surface area contributed by atoms with Crippen LogP contribution < -0.4 is 9.30 Å². The molecule has 3 aromatic rings. The van der Waals surface area contributed by atoms with Crippen LogP contribution in [0.25, 0.3) is 22.4 Å². The normalized spacial score (nSPS) is 12.1. The maximum Gasteiger partial charge on any atom is 0.265 e. The van der Waals surface area contributed by atoms with Crippen molar-refractivity contribution in [3.63, 3.8) is 0 Å². The average Bonchev–Trinajstić information content (AvgIpc) is 2.97. The molecule has 0 aliphatic heterocycles. The number of nitrogens with zero attached hydrogens (tertiary/aromatic N) is 1. The van der Waals surface area contributed by atoms with Crippen LogP contribution in [0.1, 0.15) is 17.0 Å². The first kappa shape index (κ1) is 18.6. The fourth-order valence-corrected chi connectivity index (χ4v) is 4.28. The van der Waals surface area contributed by atoms with Gasteiger partial charge in [0.25, 0.3) is 15.1 Å². The zero-order valence-corrected chi connectivity index (χ0v) is 16.0. The summed E-state index contributed by atoms with van der Waals surface area (Å²) in [5.41, 5.74) is 2.11. The van der Waals surface area contributed by atoms with Crippen molar-refractivity contribution in [2.45, 2.75) is 13.0 Å². The van der Waals surface area contributed by atoms with Crippen LogP contribution in [0.3, 0.4) is 0 Å². The highest BCUT2D eigenvalue weighted by atomic mass is 32.2. The highest BCUT2D eigenvalue weighted by Crippen LogP contribution is 2.22. The average molecular weight is 391 g/mol. The third-order valence-electron chi connectivity index (χ3n) is 3.95. The van der Waals surface area contributed by atoms with Gasteiger partial charge in [0.1, 0.15) is 10.4 Å². The van der Waals surface area contributed by atoms with E-state index in [-0.39, 0.29) is 5.75 Å². The van der Waals surface area contributed by atoms with Crippen LogP contribution in [0.4, 0.5) is 0 Å². The molecule has 0 aliphatic rings. The van der Waals surface area contributed by atoms with Gasteiger partial charge < -0.3 is 4.74 Å². The third kappa shape index (κ3) is 4.69. The highest BCUT2D eigenvalue weighted by Gasteiger charge is 2.18. The monoisotopic (exact) mass is 390 g/mol. The van der Waals surface area contributed by atoms with E-state index in [1.54, 1.807) is 18.4 Å². The Hall–Kier alpha value is -2.22. The van der Waals surface area contributed by atoms with E-state index in [0.29, 0.717) is 13.0 Å². The van der Waals surface area contributed by atoms with Gasteiger partial charge in [0, 0.05) is 18.6 Å². The molecule has 7 heteroatoms. The van der Waals surface area contributed by atoms with Gasteiger partial charge in [-0.1, -0.05) is 35.6 Å². The predicted molar refractivity (Wildman–Crippen MR) is 105 cm³/mol. The molecule has 5 nitrogen and oxygen atoms in total. The quantitative estimate of drug-likeness (QED) is 0.494. The van der Waals surface area contributed by atoms with Crippen molar-refractivity contribution in [3.8, 4) is 5.75 Å². The zero-order valence-electron chi connectivity index (χ0n) is 14.3. The Bertz CT molecular complexity index is 1020. The number of rotatable bonds is 7. The first-order chi connectivity index (χ1) is 12.5. The van der Waals surface area contributed by atoms with Gasteiger partial charge >= 0.3 is 0 Å². The number of benzene rings is 2. The molecule has 0 aliphatic carbocycles. The van der Waals surface area contributed by atoms with Gasteiger partial charge in [-0.15, -0.1) is 0 Å². The van der Waals surface area contributed by atoms with Crippen molar-refractivity contribution in [1.82, 2.24) is 0 Å². The van der Waals surface area contributed by atoms with E-state index < -0.39 is 10.1 Å². The van der Waals surface area contributed by atoms with Gasteiger partial charge in [-0.05, 0) is 29.8 Å². The first-order valence-electron chi connectivity index (χ1n) is 8.15. The molecule has 0 amide bonds. The second kappa shape index (κ2) is 7.99. The molecule has 0 spiro atoms. The van der Waals surface area contributed by atoms with Crippen LogP contribution in [0.15, 0.2) is 48.5 Å². The first-order valence-corrected chi connectivity index (χ1v) is 10.6. The number of aryl methyl sites for hydroxylation is 1. The van der Waals surface area contributed by atoms with Crippen molar-refractivity contribution in [3.05, 3.63) is 59.1 Å². The van der Waals surface area contributed by atoms with Crippen LogP contribution in [-0.2, 0) is 16.7 Å². The summed E-state index contributed by atoms with van der Waals surface area (Å²) in [6.45, 7) is 0.520. The molecule has 136 valence electrons. The lowest BCUT2D eigenvalue weighted by molar-refractivity contribution is -0.668. The van der Waals surface area contributed by atoms with E-state index in [2.05, 4.69) is 4.57 Å². The molecule has 0 fully saturated rings. The van der Waals surface area contributed by atoms with Gasteiger partial charge in [0.2, 0.25) is 5.52 Å². The Morgan fingerprint density at radius 1 is 1.12 bits per heavy atom. The summed E-state index contributed by atoms with van der Waals surface area (Å²) in [4.78, 5) is 0. The number of para-hydroxylation sites is 1. The molecule has 26 heavy (non-hydrogen) atoms. The predicted octanol–water partition coefficient (Wildman–Crippen LogP) is 3.65. The molecule has 0 radical (unpaired) electrons. The molecule has 0 unspecified atom stereocenters. The van der Waals surface area contributed by atoms with Gasteiger partial charge in [-0.2, -0.15) is 13.0 Å². The van der Waals surface area contributed by atoms with E-state index in [1.807, 2.05) is 60.7 Å². The lowest BCUT2D eigenvalue weighted by atomic mass is 10.2. The molecule has 1 aromatic heterocycles. The van der Waals surface area contributed by atoms with E-state index in [1.165, 1.54) is 0 Å². The number of methoxy groups -OCH3 is 1. The lowest BCUT2D eigenvalue weighted by Gasteiger charge is -1.99. The Kier molecular flexibility index (Phi) is 5.70. The van der Waals surface area contributed by atoms with Crippen LogP contribution in [0.5, 0.6) is 5.75 Å². The molecule has 1 N–H and O–H groups in total. The Balaban J connectivity index is 1.88. The molecular weight excluding hydrogens is 370 g/mol. The number of aromatic nitrogens is 1. The van der Waals surface area contributed by atoms with Gasteiger partial charge in [-0.3, -0.25) is 4.55 Å². The largest absolute Gasteiger partial charge is 0.497 e. The zero-order chi connectivity index (χ0) is 18.6. The molecule has 0 bridgehead atoms. The van der Waals surface area contributed by atoms with Gasteiger partial charge in [-0.25, -0.2) is 0 Å². The van der Waals surface area contributed by atoms with Crippen molar-refractivity contribution >= 4 is 43.8 Å². The van der Waals surface area contributed by atoms with Crippen molar-refractivity contribution < 1.29 is 22.3 Å². The standard InChI is InChI=1S/C19H19NO4S2/c1-24-16-10-7-15(8-11-16)9-12-19-20(13-4-14-26(21,22)23)17-5-2-3-6-18(17)25-19/h2-3,5-12H,4,13-14H2,1H3/p+1/b12-9+. The summed E-state index contributed by atoms with van der Waals surface area (Å²) in [7, 11) is -2.31. The van der Waals surface area contributed by atoms with Crippen molar-refractivity contribution in [1.29, 1.82) is 0 Å². The van der Waals surface area contributed by atoms with Crippen LogP contribution >= 0.6 is 11.3 Å². The minimum absolute atomic E-state index is 0.244. The van der Waals surface area contributed by atoms with E-state index in [9.17, 15) is 8.42 Å². The third-order valence-corrected chi connectivity index (χ3v) is 5.89. The van der Waals surface area contributed by atoms with Gasteiger partial charge in [0.05, 0.1) is 12.9 Å². The number of hydrogen-bond acceptors (Lipinski definition) is 4. The van der Waals surface area contributed by atoms with E-state index >= 15 is 0 Å². The molecule has 0 saturated carbocycles. The summed E-state index contributed by atoms with van der Waals surface area (Å²) >= 11 is 1.65. The second-order valence-electron chi connectivity index (χ2n) is 5.81. The summed E-state index contributed by atoms with van der Waals surface area (Å²) < 4.78 is 39.3.